The predicted molar refractivity (Wildman–Crippen MR) is 83.3 cm³/mol. The van der Waals surface area contributed by atoms with Crippen LogP contribution < -0.4 is 10.5 Å². The van der Waals surface area contributed by atoms with Crippen LogP contribution in [0.4, 0.5) is 10.8 Å². The van der Waals surface area contributed by atoms with Crippen LogP contribution in [0.2, 0.25) is 10.0 Å². The largest absolute Gasteiger partial charge is 0.375 e. The molecule has 1 aromatic heterocycles. The number of anilines is 2. The van der Waals surface area contributed by atoms with E-state index in [0.29, 0.717) is 10.7 Å². The van der Waals surface area contributed by atoms with Crippen molar-refractivity contribution in [2.75, 3.05) is 10.5 Å². The van der Waals surface area contributed by atoms with Crippen LogP contribution >= 0.6 is 34.5 Å². The van der Waals surface area contributed by atoms with E-state index in [1.165, 1.54) is 6.07 Å². The van der Waals surface area contributed by atoms with Crippen molar-refractivity contribution in [1.29, 1.82) is 0 Å². The molecule has 0 bridgehead atoms. The molecule has 0 atom stereocenters. The summed E-state index contributed by atoms with van der Waals surface area (Å²) in [7, 11) is -3.79. The van der Waals surface area contributed by atoms with Gasteiger partial charge in [-0.05, 0) is 31.5 Å². The first-order valence-electron chi connectivity index (χ1n) is 5.42. The first-order chi connectivity index (χ1) is 9.20. The van der Waals surface area contributed by atoms with Crippen LogP contribution in [0.3, 0.4) is 0 Å². The van der Waals surface area contributed by atoms with Gasteiger partial charge in [-0.25, -0.2) is 13.4 Å². The Morgan fingerprint density at radius 1 is 1.25 bits per heavy atom. The number of nitrogens with zero attached hydrogens (tertiary/aromatic N) is 1. The topological polar surface area (TPSA) is 85.1 Å². The minimum atomic E-state index is -3.79. The van der Waals surface area contributed by atoms with Crippen LogP contribution in [-0.4, -0.2) is 13.4 Å². The molecule has 2 rings (SSSR count). The van der Waals surface area contributed by atoms with E-state index in [1.807, 2.05) is 0 Å². The molecule has 2 aromatic rings. The normalized spacial score (nSPS) is 11.6. The van der Waals surface area contributed by atoms with Gasteiger partial charge in [0.15, 0.2) is 9.34 Å². The van der Waals surface area contributed by atoms with Crippen molar-refractivity contribution in [3.8, 4) is 0 Å². The summed E-state index contributed by atoms with van der Waals surface area (Å²) in [5.74, 6) is 0. The molecule has 0 saturated heterocycles. The number of thiazole rings is 1. The lowest BCUT2D eigenvalue weighted by molar-refractivity contribution is 0.602. The molecule has 0 aliphatic carbocycles. The summed E-state index contributed by atoms with van der Waals surface area (Å²) in [6.45, 7) is 3.35. The van der Waals surface area contributed by atoms with E-state index in [2.05, 4.69) is 9.71 Å². The van der Waals surface area contributed by atoms with E-state index in [-0.39, 0.29) is 20.1 Å². The van der Waals surface area contributed by atoms with Crippen molar-refractivity contribution in [2.24, 2.45) is 0 Å². The summed E-state index contributed by atoms with van der Waals surface area (Å²) in [6, 6.07) is 3.06. The summed E-state index contributed by atoms with van der Waals surface area (Å²) in [5.41, 5.74) is 6.83. The Bertz CT molecular complexity index is 772. The van der Waals surface area contributed by atoms with Crippen LogP contribution in [0.15, 0.2) is 16.3 Å². The Morgan fingerprint density at radius 3 is 2.45 bits per heavy atom. The number of aromatic nitrogens is 1. The molecular weight excluding hydrogens is 341 g/mol. The standard InChI is InChI=1S/C11H11Cl2N3O2S2/c1-5-3-8(13)9(4-7(5)12)16-20(17,18)10-6(2)15-11(14)19-10/h3-4,16H,1-2H3,(H2,14,15). The van der Waals surface area contributed by atoms with Crippen LogP contribution in [-0.2, 0) is 10.0 Å². The average molecular weight is 352 g/mol. The number of rotatable bonds is 3. The first kappa shape index (κ1) is 15.4. The van der Waals surface area contributed by atoms with Crippen molar-refractivity contribution in [1.82, 2.24) is 4.98 Å². The fourth-order valence-corrected chi connectivity index (χ4v) is 4.42. The SMILES string of the molecule is Cc1cc(Cl)c(NS(=O)(=O)c2sc(N)nc2C)cc1Cl. The van der Waals surface area contributed by atoms with Crippen LogP contribution in [0.1, 0.15) is 11.3 Å². The molecular formula is C11H11Cl2N3O2S2. The van der Waals surface area contributed by atoms with Gasteiger partial charge >= 0.3 is 0 Å². The van der Waals surface area contributed by atoms with Crippen LogP contribution in [0.25, 0.3) is 0 Å². The summed E-state index contributed by atoms with van der Waals surface area (Å²) >= 11 is 12.9. The van der Waals surface area contributed by atoms with Gasteiger partial charge in [-0.3, -0.25) is 4.72 Å². The molecule has 0 radical (unpaired) electrons. The third kappa shape index (κ3) is 3.01. The molecule has 0 spiro atoms. The summed E-state index contributed by atoms with van der Waals surface area (Å²) < 4.78 is 27.0. The summed E-state index contributed by atoms with van der Waals surface area (Å²) in [6.07, 6.45) is 0. The van der Waals surface area contributed by atoms with Crippen molar-refractivity contribution in [2.45, 2.75) is 18.1 Å². The fourth-order valence-electron chi connectivity index (χ4n) is 1.57. The highest BCUT2D eigenvalue weighted by Gasteiger charge is 2.22. The molecule has 3 N–H and O–H groups in total. The van der Waals surface area contributed by atoms with Gasteiger partial charge < -0.3 is 5.73 Å². The monoisotopic (exact) mass is 351 g/mol. The van der Waals surface area contributed by atoms with Gasteiger partial charge in [0.05, 0.1) is 16.4 Å². The van der Waals surface area contributed by atoms with Crippen molar-refractivity contribution >= 4 is 55.4 Å². The van der Waals surface area contributed by atoms with Crippen molar-refractivity contribution in [3.05, 3.63) is 33.4 Å². The number of aryl methyl sites for hydroxylation is 2. The number of benzene rings is 1. The van der Waals surface area contributed by atoms with Gasteiger partial charge in [0.1, 0.15) is 0 Å². The zero-order valence-corrected chi connectivity index (χ0v) is 13.7. The number of hydrogen-bond acceptors (Lipinski definition) is 5. The number of nitrogen functional groups attached to an aromatic ring is 1. The second-order valence-corrected chi connectivity index (χ2v) is 7.83. The van der Waals surface area contributed by atoms with E-state index >= 15 is 0 Å². The zero-order valence-electron chi connectivity index (χ0n) is 10.6. The molecule has 0 amide bonds. The molecule has 0 unspecified atom stereocenters. The zero-order chi connectivity index (χ0) is 15.1. The number of nitrogens with one attached hydrogen (secondary N) is 1. The maximum absolute atomic E-state index is 12.3. The molecule has 0 aliphatic rings. The number of hydrogen-bond donors (Lipinski definition) is 2. The van der Waals surface area contributed by atoms with Gasteiger partial charge in [0.25, 0.3) is 10.0 Å². The smallest absolute Gasteiger partial charge is 0.273 e. The highest BCUT2D eigenvalue weighted by Crippen LogP contribution is 2.32. The van der Waals surface area contributed by atoms with Gasteiger partial charge in [0.2, 0.25) is 0 Å². The molecule has 1 aromatic carbocycles. The van der Waals surface area contributed by atoms with Crippen molar-refractivity contribution < 1.29 is 8.42 Å². The maximum atomic E-state index is 12.3. The maximum Gasteiger partial charge on any atom is 0.273 e. The summed E-state index contributed by atoms with van der Waals surface area (Å²) in [5, 5.41) is 0.883. The lowest BCUT2D eigenvalue weighted by atomic mass is 10.2. The fraction of sp³-hybridized carbons (Fsp3) is 0.182. The molecule has 5 nitrogen and oxygen atoms in total. The van der Waals surface area contributed by atoms with E-state index in [1.54, 1.807) is 19.9 Å². The first-order valence-corrected chi connectivity index (χ1v) is 8.47. The quantitative estimate of drug-likeness (QED) is 0.886. The average Bonchev–Trinajstić information content (AvgIpc) is 2.66. The minimum Gasteiger partial charge on any atom is -0.375 e. The predicted octanol–water partition coefficient (Wildman–Crippen LogP) is 3.45. The number of sulfonamides is 1. The third-order valence-corrected chi connectivity index (χ3v) is 6.19. The summed E-state index contributed by atoms with van der Waals surface area (Å²) in [4.78, 5) is 3.89. The lowest BCUT2D eigenvalue weighted by Crippen LogP contribution is -2.13. The van der Waals surface area contributed by atoms with E-state index in [9.17, 15) is 8.42 Å². The van der Waals surface area contributed by atoms with Gasteiger partial charge in [-0.15, -0.1) is 0 Å². The molecule has 0 aliphatic heterocycles. The second kappa shape index (κ2) is 5.40. The Morgan fingerprint density at radius 2 is 1.90 bits per heavy atom. The second-order valence-electron chi connectivity index (χ2n) is 4.11. The molecule has 20 heavy (non-hydrogen) atoms. The van der Waals surface area contributed by atoms with E-state index in [4.69, 9.17) is 28.9 Å². The Labute approximate surface area is 130 Å². The van der Waals surface area contributed by atoms with Crippen LogP contribution in [0, 0.1) is 13.8 Å². The van der Waals surface area contributed by atoms with Gasteiger partial charge in [-0.1, -0.05) is 34.5 Å². The molecule has 9 heteroatoms. The van der Waals surface area contributed by atoms with Crippen molar-refractivity contribution in [3.63, 3.8) is 0 Å². The molecule has 1 heterocycles. The molecule has 108 valence electrons. The molecule has 0 saturated carbocycles. The highest BCUT2D eigenvalue weighted by molar-refractivity contribution is 7.94. The van der Waals surface area contributed by atoms with Gasteiger partial charge in [0, 0.05) is 5.02 Å². The van der Waals surface area contributed by atoms with E-state index in [0.717, 1.165) is 16.9 Å². The lowest BCUT2D eigenvalue weighted by Gasteiger charge is -2.10. The van der Waals surface area contributed by atoms with Crippen LogP contribution in [0.5, 0.6) is 0 Å². The minimum absolute atomic E-state index is 0.0581. The Kier molecular flexibility index (Phi) is 4.15. The molecule has 0 fully saturated rings. The Balaban J connectivity index is 2.43. The van der Waals surface area contributed by atoms with Gasteiger partial charge in [-0.2, -0.15) is 0 Å². The highest BCUT2D eigenvalue weighted by atomic mass is 35.5. The Hall–Kier alpha value is -1.02. The van der Waals surface area contributed by atoms with E-state index < -0.39 is 10.0 Å². The third-order valence-electron chi connectivity index (χ3n) is 2.51. The number of halogens is 2. The number of nitrogens with two attached hydrogens (primary N) is 1.